The summed E-state index contributed by atoms with van der Waals surface area (Å²) in [6.07, 6.45) is 1.76. The smallest absolute Gasteiger partial charge is 0.271 e. The van der Waals surface area contributed by atoms with E-state index in [1.54, 1.807) is 12.3 Å². The number of nitro benzene ring substituents is 1. The van der Waals surface area contributed by atoms with Crippen molar-refractivity contribution in [1.82, 2.24) is 10.3 Å². The van der Waals surface area contributed by atoms with Gasteiger partial charge in [-0.2, -0.15) is 0 Å². The van der Waals surface area contributed by atoms with Gasteiger partial charge < -0.3 is 20.4 Å². The number of nitrogens with zero attached hydrogens (tertiary/aromatic N) is 1. The molecule has 1 aromatic heterocycles. The molecule has 1 atom stereocenters. The topological polar surface area (TPSA) is 126 Å². The number of hydrogen-bond donors (Lipinski definition) is 3. The predicted molar refractivity (Wildman–Crippen MR) is 108 cm³/mol. The maximum atomic E-state index is 13.4. The molecule has 0 saturated carbocycles. The quantitative estimate of drug-likeness (QED) is 0.405. The lowest BCUT2D eigenvalue weighted by atomic mass is 10.0. The minimum atomic E-state index is -0.976. The summed E-state index contributed by atoms with van der Waals surface area (Å²) in [5.41, 5.74) is 1.14. The molecule has 0 radical (unpaired) electrons. The molecule has 9 nitrogen and oxygen atoms in total. The number of aromatic nitrogens is 1. The summed E-state index contributed by atoms with van der Waals surface area (Å²) < 4.78 is 18.6. The predicted octanol–water partition coefficient (Wildman–Crippen LogP) is 2.91. The Kier molecular flexibility index (Phi) is 5.95. The molecular formula is C20H19FN4O5. The lowest BCUT2D eigenvalue weighted by Gasteiger charge is -2.18. The molecule has 3 N–H and O–H groups in total. The molecule has 3 aromatic rings. The SMILES string of the molecule is COc1ccc([N+](=O)[O-])cc1NC(=O)C(Cc1c[nH]c2cc(F)ccc12)NC(C)=O. The lowest BCUT2D eigenvalue weighted by molar-refractivity contribution is -0.384. The minimum absolute atomic E-state index is 0.105. The van der Waals surface area contributed by atoms with Crippen molar-refractivity contribution in [3.8, 4) is 5.75 Å². The van der Waals surface area contributed by atoms with E-state index in [0.29, 0.717) is 16.5 Å². The molecule has 3 rings (SSSR count). The van der Waals surface area contributed by atoms with E-state index in [4.69, 9.17) is 4.74 Å². The van der Waals surface area contributed by atoms with Crippen LogP contribution in [0.1, 0.15) is 12.5 Å². The number of ether oxygens (including phenoxy) is 1. The monoisotopic (exact) mass is 414 g/mol. The van der Waals surface area contributed by atoms with E-state index in [0.717, 1.165) is 0 Å². The molecule has 0 spiro atoms. The molecule has 0 bridgehead atoms. The van der Waals surface area contributed by atoms with E-state index in [1.807, 2.05) is 0 Å². The first kappa shape index (κ1) is 20.8. The molecule has 2 aromatic carbocycles. The third-order valence-electron chi connectivity index (χ3n) is 4.50. The van der Waals surface area contributed by atoms with Gasteiger partial charge in [-0.25, -0.2) is 4.39 Å². The number of amides is 2. The van der Waals surface area contributed by atoms with Gasteiger partial charge >= 0.3 is 0 Å². The number of carbonyl (C=O) groups is 2. The number of halogens is 1. The van der Waals surface area contributed by atoms with Crippen molar-refractivity contribution in [1.29, 1.82) is 0 Å². The second kappa shape index (κ2) is 8.60. The van der Waals surface area contributed by atoms with Gasteiger partial charge in [0.25, 0.3) is 5.69 Å². The fraction of sp³-hybridized carbons (Fsp3) is 0.200. The van der Waals surface area contributed by atoms with Gasteiger partial charge in [-0.3, -0.25) is 19.7 Å². The number of nitrogens with one attached hydrogen (secondary N) is 3. The van der Waals surface area contributed by atoms with Crippen LogP contribution < -0.4 is 15.4 Å². The van der Waals surface area contributed by atoms with Crippen LogP contribution in [0.2, 0.25) is 0 Å². The third-order valence-corrected chi connectivity index (χ3v) is 4.50. The zero-order valence-electron chi connectivity index (χ0n) is 16.2. The lowest BCUT2D eigenvalue weighted by Crippen LogP contribution is -2.44. The number of benzene rings is 2. The van der Waals surface area contributed by atoms with Gasteiger partial charge in [0.15, 0.2) is 0 Å². The Bertz CT molecular complexity index is 1130. The Morgan fingerprint density at radius 3 is 2.70 bits per heavy atom. The van der Waals surface area contributed by atoms with Crippen molar-refractivity contribution >= 4 is 34.1 Å². The minimum Gasteiger partial charge on any atom is -0.495 e. The molecule has 30 heavy (non-hydrogen) atoms. The number of H-pyrrole nitrogens is 1. The largest absolute Gasteiger partial charge is 0.495 e. The van der Waals surface area contributed by atoms with Gasteiger partial charge in [0.05, 0.1) is 17.7 Å². The standard InChI is InChI=1S/C20H19FN4O5/c1-11(26)23-18(7-12-10-22-16-8-13(21)3-5-15(12)16)20(27)24-17-9-14(25(28)29)4-6-19(17)30-2/h3-6,8-10,18,22H,7H2,1-2H3,(H,23,26)(H,24,27). The highest BCUT2D eigenvalue weighted by Gasteiger charge is 2.23. The van der Waals surface area contributed by atoms with Crippen molar-refractivity contribution in [2.24, 2.45) is 0 Å². The number of hydrogen-bond acceptors (Lipinski definition) is 5. The summed E-state index contributed by atoms with van der Waals surface area (Å²) in [6, 6.07) is 7.05. The van der Waals surface area contributed by atoms with E-state index < -0.39 is 28.6 Å². The summed E-state index contributed by atoms with van der Waals surface area (Å²) in [6.45, 7) is 1.28. The Morgan fingerprint density at radius 1 is 1.27 bits per heavy atom. The van der Waals surface area contributed by atoms with Crippen LogP contribution in [0.4, 0.5) is 15.8 Å². The highest BCUT2D eigenvalue weighted by molar-refractivity contribution is 5.99. The Morgan fingerprint density at radius 2 is 2.03 bits per heavy atom. The molecule has 0 aliphatic rings. The molecule has 1 unspecified atom stereocenters. The zero-order valence-corrected chi connectivity index (χ0v) is 16.2. The molecule has 10 heteroatoms. The van der Waals surface area contributed by atoms with Gasteiger partial charge in [0.1, 0.15) is 17.6 Å². The van der Waals surface area contributed by atoms with Crippen LogP contribution in [0, 0.1) is 15.9 Å². The van der Waals surface area contributed by atoms with Crippen LogP contribution in [-0.2, 0) is 16.0 Å². The van der Waals surface area contributed by atoms with Gasteiger partial charge in [0.2, 0.25) is 11.8 Å². The van der Waals surface area contributed by atoms with Crippen molar-refractivity contribution in [3.05, 3.63) is 64.1 Å². The Labute approximate surface area is 170 Å². The number of aromatic amines is 1. The normalized spacial score (nSPS) is 11.7. The average Bonchev–Trinajstić information content (AvgIpc) is 3.08. The third kappa shape index (κ3) is 4.54. The highest BCUT2D eigenvalue weighted by atomic mass is 19.1. The van der Waals surface area contributed by atoms with E-state index in [-0.39, 0.29) is 23.5 Å². The van der Waals surface area contributed by atoms with Crippen LogP contribution in [0.5, 0.6) is 5.75 Å². The summed E-state index contributed by atoms with van der Waals surface area (Å²) in [5, 5.41) is 16.9. The second-order valence-electron chi connectivity index (χ2n) is 6.59. The van der Waals surface area contributed by atoms with Crippen LogP contribution in [0.15, 0.2) is 42.6 Å². The molecular weight excluding hydrogens is 395 g/mol. The highest BCUT2D eigenvalue weighted by Crippen LogP contribution is 2.29. The van der Waals surface area contributed by atoms with E-state index >= 15 is 0 Å². The zero-order chi connectivity index (χ0) is 21.8. The van der Waals surface area contributed by atoms with Gasteiger partial charge in [-0.15, -0.1) is 0 Å². The van der Waals surface area contributed by atoms with Crippen LogP contribution in [-0.4, -0.2) is 34.9 Å². The average molecular weight is 414 g/mol. The van der Waals surface area contributed by atoms with Gasteiger partial charge in [-0.1, -0.05) is 0 Å². The molecule has 0 saturated heterocycles. The molecule has 0 aliphatic carbocycles. The van der Waals surface area contributed by atoms with Gasteiger partial charge in [-0.05, 0) is 29.8 Å². The number of nitro groups is 1. The summed E-state index contributed by atoms with van der Waals surface area (Å²) in [7, 11) is 1.37. The first-order chi connectivity index (χ1) is 14.3. The molecule has 0 fully saturated rings. The van der Waals surface area contributed by atoms with E-state index in [9.17, 15) is 24.1 Å². The molecule has 0 aliphatic heterocycles. The van der Waals surface area contributed by atoms with Crippen molar-refractivity contribution in [3.63, 3.8) is 0 Å². The molecule has 2 amide bonds. The Hall–Kier alpha value is -3.95. The number of non-ortho nitro benzene ring substituents is 1. The van der Waals surface area contributed by atoms with Gasteiger partial charge in [0, 0.05) is 42.6 Å². The van der Waals surface area contributed by atoms with Crippen LogP contribution in [0.25, 0.3) is 10.9 Å². The number of rotatable bonds is 7. The van der Waals surface area contributed by atoms with Crippen molar-refractivity contribution in [2.45, 2.75) is 19.4 Å². The fourth-order valence-electron chi connectivity index (χ4n) is 3.13. The second-order valence-corrected chi connectivity index (χ2v) is 6.59. The first-order valence-electron chi connectivity index (χ1n) is 8.94. The first-order valence-corrected chi connectivity index (χ1v) is 8.94. The van der Waals surface area contributed by atoms with E-state index in [1.165, 1.54) is 44.4 Å². The number of fused-ring (bicyclic) bond motifs is 1. The summed E-state index contributed by atoms with van der Waals surface area (Å²) in [5.74, 6) is -1.17. The van der Waals surface area contributed by atoms with Crippen LogP contribution >= 0.6 is 0 Å². The fourth-order valence-corrected chi connectivity index (χ4v) is 3.13. The van der Waals surface area contributed by atoms with Crippen molar-refractivity contribution in [2.75, 3.05) is 12.4 Å². The molecule has 1 heterocycles. The maximum absolute atomic E-state index is 13.4. The number of carbonyl (C=O) groups excluding carboxylic acids is 2. The Balaban J connectivity index is 1.88. The van der Waals surface area contributed by atoms with Crippen molar-refractivity contribution < 1.29 is 23.6 Å². The summed E-state index contributed by atoms with van der Waals surface area (Å²) >= 11 is 0. The molecule has 156 valence electrons. The number of anilines is 1. The summed E-state index contributed by atoms with van der Waals surface area (Å²) in [4.78, 5) is 37.9. The van der Waals surface area contributed by atoms with E-state index in [2.05, 4.69) is 15.6 Å². The number of methoxy groups -OCH3 is 1. The van der Waals surface area contributed by atoms with Crippen LogP contribution in [0.3, 0.4) is 0 Å². The maximum Gasteiger partial charge on any atom is 0.271 e.